The van der Waals surface area contributed by atoms with E-state index >= 15 is 0 Å². The van der Waals surface area contributed by atoms with Crippen molar-refractivity contribution < 1.29 is 0 Å². The minimum atomic E-state index is 0.472. The SMILES string of the molecule is CCCn1ncnc1Cn1nc(C)c(CNC(C)C)c1C. The zero-order chi connectivity index (χ0) is 15.4. The molecular weight excluding hydrogens is 264 g/mol. The lowest BCUT2D eigenvalue weighted by atomic mass is 10.2. The Morgan fingerprint density at radius 3 is 2.67 bits per heavy atom. The van der Waals surface area contributed by atoms with Gasteiger partial charge in [-0.15, -0.1) is 0 Å². The molecule has 116 valence electrons. The molecule has 0 saturated carbocycles. The van der Waals surface area contributed by atoms with E-state index in [1.165, 1.54) is 11.3 Å². The molecule has 21 heavy (non-hydrogen) atoms. The molecule has 0 saturated heterocycles. The average molecular weight is 290 g/mol. The number of aromatic nitrogens is 5. The van der Waals surface area contributed by atoms with Crippen LogP contribution in [0.25, 0.3) is 0 Å². The van der Waals surface area contributed by atoms with Gasteiger partial charge in [-0.3, -0.25) is 4.68 Å². The zero-order valence-electron chi connectivity index (χ0n) is 13.7. The molecule has 0 amide bonds. The van der Waals surface area contributed by atoms with Crippen LogP contribution in [-0.2, 0) is 19.6 Å². The zero-order valence-corrected chi connectivity index (χ0v) is 13.7. The van der Waals surface area contributed by atoms with Crippen LogP contribution >= 0.6 is 0 Å². The van der Waals surface area contributed by atoms with Crippen molar-refractivity contribution in [3.8, 4) is 0 Å². The fraction of sp³-hybridized carbons (Fsp3) is 0.667. The van der Waals surface area contributed by atoms with Gasteiger partial charge in [0, 0.05) is 30.4 Å². The molecular formula is C15H26N6. The molecule has 1 N–H and O–H groups in total. The van der Waals surface area contributed by atoms with Crippen LogP contribution in [0.2, 0.25) is 0 Å². The largest absolute Gasteiger partial charge is 0.310 e. The Kier molecular flexibility index (Phi) is 5.12. The van der Waals surface area contributed by atoms with Gasteiger partial charge in [-0.25, -0.2) is 9.67 Å². The second-order valence-corrected chi connectivity index (χ2v) is 5.74. The quantitative estimate of drug-likeness (QED) is 0.848. The standard InChI is InChI=1S/C15H26N6/c1-6-7-20-15(17-10-18-20)9-21-13(5)14(12(4)19-21)8-16-11(2)3/h10-11,16H,6-9H2,1-5H3. The molecule has 0 radical (unpaired) electrons. The Bertz CT molecular complexity index is 581. The predicted molar refractivity (Wildman–Crippen MR) is 83.1 cm³/mol. The van der Waals surface area contributed by atoms with Crippen LogP contribution in [0.3, 0.4) is 0 Å². The third kappa shape index (κ3) is 3.69. The van der Waals surface area contributed by atoms with Gasteiger partial charge in [-0.2, -0.15) is 10.2 Å². The van der Waals surface area contributed by atoms with Crippen LogP contribution in [0.4, 0.5) is 0 Å². The van der Waals surface area contributed by atoms with Crippen molar-refractivity contribution in [2.75, 3.05) is 0 Å². The van der Waals surface area contributed by atoms with Gasteiger partial charge >= 0.3 is 0 Å². The number of nitrogens with zero attached hydrogens (tertiary/aromatic N) is 5. The van der Waals surface area contributed by atoms with Crippen LogP contribution in [0.5, 0.6) is 0 Å². The summed E-state index contributed by atoms with van der Waals surface area (Å²) in [5, 5.41) is 12.4. The summed E-state index contributed by atoms with van der Waals surface area (Å²) in [7, 11) is 0. The molecule has 0 fully saturated rings. The minimum Gasteiger partial charge on any atom is -0.310 e. The molecule has 0 aliphatic heterocycles. The summed E-state index contributed by atoms with van der Waals surface area (Å²) in [6.07, 6.45) is 2.68. The number of nitrogens with one attached hydrogen (secondary N) is 1. The van der Waals surface area contributed by atoms with Gasteiger partial charge in [0.1, 0.15) is 18.7 Å². The molecule has 6 heteroatoms. The Hall–Kier alpha value is -1.69. The molecule has 0 unspecified atom stereocenters. The monoisotopic (exact) mass is 290 g/mol. The highest BCUT2D eigenvalue weighted by molar-refractivity contribution is 5.24. The highest BCUT2D eigenvalue weighted by Crippen LogP contribution is 2.14. The highest BCUT2D eigenvalue weighted by atomic mass is 15.4. The lowest BCUT2D eigenvalue weighted by Gasteiger charge is -2.09. The average Bonchev–Trinajstić information content (AvgIpc) is 2.95. The summed E-state index contributed by atoms with van der Waals surface area (Å²) in [5.74, 6) is 0.964. The van der Waals surface area contributed by atoms with Crippen LogP contribution in [0.15, 0.2) is 6.33 Å². The van der Waals surface area contributed by atoms with E-state index in [4.69, 9.17) is 0 Å². The van der Waals surface area contributed by atoms with Gasteiger partial charge in [0.15, 0.2) is 0 Å². The van der Waals surface area contributed by atoms with Gasteiger partial charge < -0.3 is 5.32 Å². The van der Waals surface area contributed by atoms with Crippen molar-refractivity contribution in [3.05, 3.63) is 29.1 Å². The lowest BCUT2D eigenvalue weighted by molar-refractivity contribution is 0.532. The van der Waals surface area contributed by atoms with Gasteiger partial charge in [0.05, 0.1) is 5.69 Å². The first-order chi connectivity index (χ1) is 10.0. The van der Waals surface area contributed by atoms with E-state index in [9.17, 15) is 0 Å². The van der Waals surface area contributed by atoms with E-state index < -0.39 is 0 Å². The molecule has 0 spiro atoms. The summed E-state index contributed by atoms with van der Waals surface area (Å²) in [6, 6.07) is 0.472. The maximum absolute atomic E-state index is 4.66. The Balaban J connectivity index is 2.17. The fourth-order valence-corrected chi connectivity index (χ4v) is 2.39. The maximum Gasteiger partial charge on any atom is 0.148 e. The fourth-order valence-electron chi connectivity index (χ4n) is 2.39. The van der Waals surface area contributed by atoms with Gasteiger partial charge in [0.25, 0.3) is 0 Å². The third-order valence-corrected chi connectivity index (χ3v) is 3.64. The summed E-state index contributed by atoms with van der Waals surface area (Å²) in [6.45, 7) is 13.1. The summed E-state index contributed by atoms with van der Waals surface area (Å²) < 4.78 is 3.99. The van der Waals surface area contributed by atoms with Crippen LogP contribution in [0, 0.1) is 13.8 Å². The van der Waals surface area contributed by atoms with Crippen molar-refractivity contribution in [1.29, 1.82) is 0 Å². The summed E-state index contributed by atoms with van der Waals surface area (Å²) in [4.78, 5) is 4.36. The molecule has 0 aliphatic rings. The van der Waals surface area contributed by atoms with Crippen LogP contribution < -0.4 is 5.32 Å². The summed E-state index contributed by atoms with van der Waals surface area (Å²) in [5.41, 5.74) is 3.57. The number of hydrogen-bond acceptors (Lipinski definition) is 4. The van der Waals surface area contributed by atoms with E-state index in [0.29, 0.717) is 12.6 Å². The lowest BCUT2D eigenvalue weighted by Crippen LogP contribution is -2.22. The van der Waals surface area contributed by atoms with Crippen molar-refractivity contribution >= 4 is 0 Å². The molecule has 0 aliphatic carbocycles. The second kappa shape index (κ2) is 6.85. The van der Waals surface area contributed by atoms with E-state index in [-0.39, 0.29) is 0 Å². The van der Waals surface area contributed by atoms with E-state index in [1.54, 1.807) is 6.33 Å². The molecule has 6 nitrogen and oxygen atoms in total. The van der Waals surface area contributed by atoms with E-state index in [1.807, 2.05) is 9.36 Å². The molecule has 2 rings (SSSR count). The second-order valence-electron chi connectivity index (χ2n) is 5.74. The van der Waals surface area contributed by atoms with Gasteiger partial charge in [-0.05, 0) is 20.3 Å². The molecule has 0 bridgehead atoms. The first-order valence-electron chi connectivity index (χ1n) is 7.65. The van der Waals surface area contributed by atoms with Crippen molar-refractivity contribution in [1.82, 2.24) is 29.9 Å². The third-order valence-electron chi connectivity index (χ3n) is 3.64. The van der Waals surface area contributed by atoms with Crippen LogP contribution in [-0.4, -0.2) is 30.6 Å². The molecule has 0 atom stereocenters. The molecule has 2 heterocycles. The first kappa shape index (κ1) is 15.7. The normalized spacial score (nSPS) is 11.5. The van der Waals surface area contributed by atoms with Crippen molar-refractivity contribution in [2.45, 2.75) is 66.7 Å². The smallest absolute Gasteiger partial charge is 0.148 e. The maximum atomic E-state index is 4.66. The van der Waals surface area contributed by atoms with Crippen LogP contribution in [0.1, 0.15) is 50.0 Å². The molecule has 0 aromatic carbocycles. The Labute approximate surface area is 126 Å². The summed E-state index contributed by atoms with van der Waals surface area (Å²) >= 11 is 0. The predicted octanol–water partition coefficient (Wildman–Crippen LogP) is 2.05. The molecule has 2 aromatic rings. The molecule has 2 aromatic heterocycles. The van der Waals surface area contributed by atoms with E-state index in [0.717, 1.165) is 31.0 Å². The number of hydrogen-bond donors (Lipinski definition) is 1. The van der Waals surface area contributed by atoms with Crippen molar-refractivity contribution in [3.63, 3.8) is 0 Å². The highest BCUT2D eigenvalue weighted by Gasteiger charge is 2.14. The Morgan fingerprint density at radius 1 is 1.24 bits per heavy atom. The number of aryl methyl sites for hydroxylation is 2. The first-order valence-corrected chi connectivity index (χ1v) is 7.65. The van der Waals surface area contributed by atoms with E-state index in [2.05, 4.69) is 55.1 Å². The van der Waals surface area contributed by atoms with Gasteiger partial charge in [-0.1, -0.05) is 20.8 Å². The van der Waals surface area contributed by atoms with Gasteiger partial charge in [0.2, 0.25) is 0 Å². The Morgan fingerprint density at radius 2 is 2.00 bits per heavy atom. The minimum absolute atomic E-state index is 0.472. The topological polar surface area (TPSA) is 60.6 Å². The van der Waals surface area contributed by atoms with Crippen molar-refractivity contribution in [2.24, 2.45) is 0 Å². The number of rotatable bonds is 7.